The van der Waals surface area contributed by atoms with Crippen LogP contribution in [0.3, 0.4) is 0 Å². The lowest BCUT2D eigenvalue weighted by Gasteiger charge is -2.68. The van der Waals surface area contributed by atoms with Crippen molar-refractivity contribution in [1.82, 2.24) is 4.90 Å². The number of hydrogen-bond acceptors (Lipinski definition) is 10. The first-order chi connectivity index (χ1) is 19.4. The van der Waals surface area contributed by atoms with E-state index in [4.69, 9.17) is 23.4 Å². The minimum absolute atomic E-state index is 0.0236. The van der Waals surface area contributed by atoms with E-state index in [0.717, 1.165) is 11.1 Å². The first kappa shape index (κ1) is 33.3. The lowest BCUT2D eigenvalue weighted by Crippen LogP contribution is -2.79. The normalized spacial score (nSPS) is 42.5. The Morgan fingerprint density at radius 3 is 2.29 bits per heavy atom. The number of carbonyl (C=O) groups is 3. The monoisotopic (exact) mass is 609 g/mol. The van der Waals surface area contributed by atoms with E-state index in [1.807, 2.05) is 67.5 Å². The molecule has 1 saturated heterocycles. The van der Waals surface area contributed by atoms with Crippen molar-refractivity contribution in [3.05, 3.63) is 11.1 Å². The maximum atomic E-state index is 14.9. The van der Waals surface area contributed by atoms with Gasteiger partial charge in [0.2, 0.25) is 0 Å². The zero-order valence-corrected chi connectivity index (χ0v) is 29.4. The Labute approximate surface area is 253 Å². The summed E-state index contributed by atoms with van der Waals surface area (Å²) in [5.41, 5.74) is -2.89. The summed E-state index contributed by atoms with van der Waals surface area (Å²) in [5.74, 6) is -2.78. The van der Waals surface area contributed by atoms with Crippen molar-refractivity contribution in [1.29, 1.82) is 0 Å². The Hall–Kier alpha value is -1.63. The van der Waals surface area contributed by atoms with Gasteiger partial charge in [-0.15, -0.1) is 0 Å². The van der Waals surface area contributed by atoms with E-state index in [1.54, 1.807) is 0 Å². The molecule has 11 heteroatoms. The molecular weight excluding hydrogens is 558 g/mol. The average molecular weight is 610 g/mol. The molecule has 4 rings (SSSR count). The van der Waals surface area contributed by atoms with Gasteiger partial charge < -0.3 is 33.4 Å². The highest BCUT2D eigenvalue weighted by atomic mass is 28.2. The van der Waals surface area contributed by atoms with Gasteiger partial charge in [0.05, 0.1) is 23.7 Å². The van der Waals surface area contributed by atoms with Crippen molar-refractivity contribution in [2.45, 2.75) is 110 Å². The van der Waals surface area contributed by atoms with Crippen molar-refractivity contribution in [2.24, 2.45) is 28.6 Å². The molecule has 2 bridgehead atoms. The first-order valence-electron chi connectivity index (χ1n) is 15.1. The van der Waals surface area contributed by atoms with E-state index in [9.17, 15) is 19.5 Å². The molecule has 0 aromatic carbocycles. The van der Waals surface area contributed by atoms with Crippen molar-refractivity contribution in [3.63, 3.8) is 0 Å². The van der Waals surface area contributed by atoms with Crippen LogP contribution in [0.15, 0.2) is 11.1 Å². The van der Waals surface area contributed by atoms with E-state index in [0.29, 0.717) is 16.9 Å². The highest BCUT2D eigenvalue weighted by molar-refractivity contribution is 5.99. The zero-order valence-electron chi connectivity index (χ0n) is 27.4. The molecule has 2 saturated carbocycles. The minimum Gasteiger partial charge on any atom is -0.456 e. The van der Waals surface area contributed by atoms with Crippen LogP contribution in [0, 0.1) is 28.6 Å². The van der Waals surface area contributed by atoms with Gasteiger partial charge in [0.25, 0.3) is 0 Å². The summed E-state index contributed by atoms with van der Waals surface area (Å²) in [5, 5.41) is 13.0. The summed E-state index contributed by atoms with van der Waals surface area (Å²) in [6.45, 7) is 15.0. The minimum atomic E-state index is -1.44. The summed E-state index contributed by atoms with van der Waals surface area (Å²) >= 11 is 0. The molecule has 3 fully saturated rings. The molecule has 1 N–H and O–H groups in total. The van der Waals surface area contributed by atoms with Gasteiger partial charge in [0.1, 0.15) is 28.5 Å². The number of rotatable bonds is 7. The number of carbonyl (C=O) groups excluding carboxylic acids is 3. The third-order valence-corrected chi connectivity index (χ3v) is 12.3. The van der Waals surface area contributed by atoms with Crippen LogP contribution in [0.4, 0.5) is 0 Å². The van der Waals surface area contributed by atoms with Crippen molar-refractivity contribution in [3.8, 4) is 0 Å². The second-order valence-electron chi connectivity index (χ2n) is 14.1. The number of ketones is 1. The van der Waals surface area contributed by atoms with Crippen molar-refractivity contribution in [2.75, 3.05) is 27.8 Å². The van der Waals surface area contributed by atoms with Gasteiger partial charge in [-0.1, -0.05) is 27.7 Å². The molecule has 0 aromatic heterocycles. The Bertz CT molecular complexity index is 1160. The first-order valence-corrected chi connectivity index (χ1v) is 15.9. The Morgan fingerprint density at radius 1 is 1.19 bits per heavy atom. The van der Waals surface area contributed by atoms with Crippen molar-refractivity contribution < 1.29 is 42.9 Å². The van der Waals surface area contributed by atoms with E-state index in [1.165, 1.54) is 14.0 Å². The number of esters is 2. The molecule has 238 valence electrons. The van der Waals surface area contributed by atoms with Gasteiger partial charge in [-0.2, -0.15) is 0 Å². The number of hydrogen-bond donors (Lipinski definition) is 1. The molecule has 8 unspecified atom stereocenters. The number of methoxy groups -OCH3 is 1. The topological polar surface area (TPSA) is 121 Å². The van der Waals surface area contributed by atoms with Gasteiger partial charge >= 0.3 is 11.9 Å². The second-order valence-corrected chi connectivity index (χ2v) is 14.6. The molecule has 0 aromatic rings. The van der Waals surface area contributed by atoms with E-state index in [2.05, 4.69) is 0 Å². The maximum absolute atomic E-state index is 14.9. The average Bonchev–Trinajstić information content (AvgIpc) is 2.89. The number of aliphatic hydroxyl groups is 1. The fourth-order valence-electron chi connectivity index (χ4n) is 9.29. The summed E-state index contributed by atoms with van der Waals surface area (Å²) in [6, 6.07) is -0.250. The molecule has 11 atom stereocenters. The molecule has 42 heavy (non-hydrogen) atoms. The molecule has 0 spiro atoms. The van der Waals surface area contributed by atoms with Gasteiger partial charge in [0.15, 0.2) is 11.7 Å². The van der Waals surface area contributed by atoms with Crippen LogP contribution >= 0.6 is 0 Å². The Kier molecular flexibility index (Phi) is 8.76. The fraction of sp³-hybridized carbons (Fsp3) is 0.839. The standard InChI is InChI=1S/C31H51NO9Si/c1-15-20(39-27(35)24(37-11)18(4)32(9)10)13-31(36)17(3)25-29(8,26(34)16(2)23(15)28(31,6)7)21(41-42)12-22-30(25,14-38-22)40-19(5)33/h16-18,20-22,24-25,36H,12-14H2,1-11,42H3/t16-,17+,18?,20?,21?,22?,24?,25?,29-,30?,31?/m1/s1. The van der Waals surface area contributed by atoms with Gasteiger partial charge in [0, 0.05) is 50.2 Å². The van der Waals surface area contributed by atoms with Crippen LogP contribution in [0.1, 0.15) is 68.2 Å². The van der Waals surface area contributed by atoms with Crippen LogP contribution in [0.25, 0.3) is 0 Å². The summed E-state index contributed by atoms with van der Waals surface area (Å²) < 4.78 is 29.9. The second kappa shape index (κ2) is 11.1. The van der Waals surface area contributed by atoms with Gasteiger partial charge in [-0.3, -0.25) is 9.59 Å². The van der Waals surface area contributed by atoms with Crippen LogP contribution < -0.4 is 0 Å². The molecule has 1 heterocycles. The molecule has 4 aliphatic rings. The number of nitrogens with zero attached hydrogens (tertiary/aromatic N) is 1. The van der Waals surface area contributed by atoms with E-state index >= 15 is 0 Å². The predicted molar refractivity (Wildman–Crippen MR) is 158 cm³/mol. The quantitative estimate of drug-likeness (QED) is 0.259. The van der Waals surface area contributed by atoms with E-state index in [-0.39, 0.29) is 24.9 Å². The number of ether oxygens (including phenoxy) is 4. The van der Waals surface area contributed by atoms with Crippen LogP contribution in [0.2, 0.25) is 0 Å². The SMILES string of the molecule is COC(C(=O)OC1CC2(O)[C@@H](C)C3C4(OC(C)=O)COC4CC(O[SiH3])[C@@]3(C)C(=O)[C@H](C)C(=C1C)C2(C)C)C(C)N(C)C. The van der Waals surface area contributed by atoms with E-state index < -0.39 is 76.1 Å². The molecule has 3 aliphatic carbocycles. The zero-order chi connectivity index (χ0) is 31.7. The Balaban J connectivity index is 1.91. The van der Waals surface area contributed by atoms with Crippen LogP contribution in [0.5, 0.6) is 0 Å². The summed E-state index contributed by atoms with van der Waals surface area (Å²) in [7, 11) is 5.61. The molecular formula is C31H51NO9Si. The smallest absolute Gasteiger partial charge is 0.337 e. The molecule has 10 nitrogen and oxygen atoms in total. The molecule has 0 radical (unpaired) electrons. The van der Waals surface area contributed by atoms with Crippen LogP contribution in [-0.4, -0.2) is 108 Å². The summed E-state index contributed by atoms with van der Waals surface area (Å²) in [6.07, 6.45) is -1.95. The lowest BCUT2D eigenvalue weighted by atomic mass is 9.42. The lowest BCUT2D eigenvalue weighted by molar-refractivity contribution is -0.336. The predicted octanol–water partition coefficient (Wildman–Crippen LogP) is 1.59. The largest absolute Gasteiger partial charge is 0.456 e. The number of likely N-dealkylation sites (N-methyl/N-ethyl adjacent to an activating group) is 1. The highest BCUT2D eigenvalue weighted by Gasteiger charge is 2.75. The van der Waals surface area contributed by atoms with Gasteiger partial charge in [-0.25, -0.2) is 4.79 Å². The Morgan fingerprint density at radius 2 is 1.81 bits per heavy atom. The van der Waals surface area contributed by atoms with Crippen LogP contribution in [-0.2, 0) is 37.8 Å². The fourth-order valence-corrected chi connectivity index (χ4v) is 9.97. The summed E-state index contributed by atoms with van der Waals surface area (Å²) in [4.78, 5) is 42.8. The third-order valence-electron chi connectivity index (χ3n) is 11.7. The third kappa shape index (κ3) is 4.48. The molecule has 0 amide bonds. The number of Topliss-reactive ketones (excluding diaryl/α,β-unsaturated/α-hetero) is 1. The van der Waals surface area contributed by atoms with Gasteiger partial charge in [-0.05, 0) is 51.9 Å². The molecule has 1 aliphatic heterocycles. The highest BCUT2D eigenvalue weighted by Crippen LogP contribution is 2.66. The number of fused-ring (bicyclic) bond motifs is 5. The maximum Gasteiger partial charge on any atom is 0.337 e. The van der Waals surface area contributed by atoms with Crippen molar-refractivity contribution >= 4 is 28.2 Å².